The summed E-state index contributed by atoms with van der Waals surface area (Å²) in [5.41, 5.74) is 0.742. The Morgan fingerprint density at radius 1 is 0.786 bits per heavy atom. The zero-order chi connectivity index (χ0) is 32.6. The Hall–Kier alpha value is -3.67. The third kappa shape index (κ3) is 15.4. The van der Waals surface area contributed by atoms with Gasteiger partial charge in [0.1, 0.15) is 18.1 Å². The number of sulfone groups is 1. The van der Waals surface area contributed by atoms with E-state index < -0.39 is 51.8 Å². The van der Waals surface area contributed by atoms with E-state index in [-0.39, 0.29) is 43.6 Å². The van der Waals surface area contributed by atoms with Gasteiger partial charge in [0.15, 0.2) is 9.84 Å². The minimum absolute atomic E-state index is 0.0168. The molecule has 0 fully saturated rings. The quantitative estimate of drug-likeness (QED) is 0.213. The van der Waals surface area contributed by atoms with Crippen LogP contribution in [0.4, 0.5) is 4.79 Å². The molecule has 0 aliphatic carbocycles. The topological polar surface area (TPSA) is 170 Å². The van der Waals surface area contributed by atoms with Crippen LogP contribution in [-0.2, 0) is 30.8 Å². The number of hydrogen-bond acceptors (Lipinski definition) is 6. The maximum Gasteiger partial charge on any atom is 0.408 e. The third-order valence-electron chi connectivity index (χ3n) is 5.94. The van der Waals surface area contributed by atoms with Gasteiger partial charge < -0.3 is 20.8 Å². The molecule has 0 unspecified atom stereocenters. The summed E-state index contributed by atoms with van der Waals surface area (Å²) in [5, 5.41) is 26.4. The highest BCUT2D eigenvalue weighted by Gasteiger charge is 2.34. The number of aliphatic carboxylic acids is 1. The molecule has 4 N–H and O–H groups in total. The second-order valence-electron chi connectivity index (χ2n) is 11.2. The number of hydrogen-bond donors (Lipinski definition) is 4. The van der Waals surface area contributed by atoms with Crippen molar-refractivity contribution < 1.29 is 37.8 Å². The molecule has 236 valence electrons. The highest BCUT2D eigenvalue weighted by Crippen LogP contribution is 2.17. The Morgan fingerprint density at radius 2 is 1.24 bits per heavy atom. The molecule has 1 aromatic rings. The number of carbonyl (C=O) groups is 4. The standard InChI is InChI=1S/C26H41N3O6.C4H6O2S/c1-16(2)12-20(23(30)28-21(25(32)33)13-17(3)4)27-24(31)22(14-18(5)6)29(26(34)35)15-19-10-8-7-9-11-19;1-3-7(5,6)4-2/h7-11,16-18,20-22H,12-15H2,1-6H3,(H,27,31)(H,28,30)(H,32,33)(H,34,35);3-4H,1-2H2/t20-,21-,22-;/m0./s1. The molecule has 0 bridgehead atoms. The summed E-state index contributed by atoms with van der Waals surface area (Å²) < 4.78 is 20.3. The van der Waals surface area contributed by atoms with Crippen molar-refractivity contribution in [2.45, 2.75) is 85.5 Å². The molecule has 12 heteroatoms. The van der Waals surface area contributed by atoms with Gasteiger partial charge in [0, 0.05) is 17.4 Å². The van der Waals surface area contributed by atoms with Crippen molar-refractivity contribution >= 4 is 33.7 Å². The zero-order valence-electron chi connectivity index (χ0n) is 25.4. The highest BCUT2D eigenvalue weighted by atomic mass is 32.2. The summed E-state index contributed by atoms with van der Waals surface area (Å²) >= 11 is 0. The molecule has 3 atom stereocenters. The van der Waals surface area contributed by atoms with Crippen LogP contribution in [0.5, 0.6) is 0 Å². The van der Waals surface area contributed by atoms with E-state index in [1.807, 2.05) is 47.6 Å². The Balaban J connectivity index is 0.00000212. The lowest BCUT2D eigenvalue weighted by Gasteiger charge is -2.32. The van der Waals surface area contributed by atoms with Crippen molar-refractivity contribution in [3.8, 4) is 0 Å². The maximum atomic E-state index is 13.4. The number of nitrogens with zero attached hydrogens (tertiary/aromatic N) is 1. The van der Waals surface area contributed by atoms with Gasteiger partial charge in [-0.2, -0.15) is 0 Å². The fourth-order valence-corrected chi connectivity index (χ4v) is 4.05. The normalized spacial score (nSPS) is 13.3. The van der Waals surface area contributed by atoms with Gasteiger partial charge >= 0.3 is 12.1 Å². The molecule has 1 rings (SSSR count). The van der Waals surface area contributed by atoms with Crippen LogP contribution in [0.1, 0.15) is 66.4 Å². The van der Waals surface area contributed by atoms with Gasteiger partial charge in [-0.3, -0.25) is 14.5 Å². The van der Waals surface area contributed by atoms with Gasteiger partial charge in [0.2, 0.25) is 11.8 Å². The largest absolute Gasteiger partial charge is 0.480 e. The van der Waals surface area contributed by atoms with Crippen molar-refractivity contribution in [2.75, 3.05) is 0 Å². The Labute approximate surface area is 250 Å². The van der Waals surface area contributed by atoms with Crippen molar-refractivity contribution in [1.82, 2.24) is 15.5 Å². The van der Waals surface area contributed by atoms with E-state index in [0.717, 1.165) is 21.3 Å². The summed E-state index contributed by atoms with van der Waals surface area (Å²) in [6.07, 6.45) is -0.427. The molecule has 0 aliphatic heterocycles. The highest BCUT2D eigenvalue weighted by molar-refractivity contribution is 7.97. The Kier molecular flexibility index (Phi) is 17.1. The van der Waals surface area contributed by atoms with Gasteiger partial charge in [0.25, 0.3) is 0 Å². The molecule has 42 heavy (non-hydrogen) atoms. The van der Waals surface area contributed by atoms with Gasteiger partial charge in [0.05, 0.1) is 0 Å². The lowest BCUT2D eigenvalue weighted by molar-refractivity contribution is -0.143. The first kappa shape index (κ1) is 38.3. The van der Waals surface area contributed by atoms with Crippen LogP contribution in [-0.4, -0.2) is 65.5 Å². The average Bonchev–Trinajstić information content (AvgIpc) is 2.89. The average molecular weight is 610 g/mol. The van der Waals surface area contributed by atoms with E-state index in [4.69, 9.17) is 0 Å². The molecule has 3 amide bonds. The lowest BCUT2D eigenvalue weighted by atomic mass is 9.98. The van der Waals surface area contributed by atoms with E-state index in [0.29, 0.717) is 0 Å². The van der Waals surface area contributed by atoms with Crippen LogP contribution in [0, 0.1) is 17.8 Å². The second-order valence-corrected chi connectivity index (χ2v) is 13.0. The molecule has 0 radical (unpaired) electrons. The number of nitrogens with one attached hydrogen (secondary N) is 2. The van der Waals surface area contributed by atoms with Gasteiger partial charge in [-0.05, 0) is 42.6 Å². The van der Waals surface area contributed by atoms with Crippen molar-refractivity contribution in [3.05, 3.63) is 59.9 Å². The predicted octanol–water partition coefficient (Wildman–Crippen LogP) is 4.42. The Morgan fingerprint density at radius 3 is 1.62 bits per heavy atom. The van der Waals surface area contributed by atoms with E-state index in [2.05, 4.69) is 23.8 Å². The van der Waals surface area contributed by atoms with Crippen LogP contribution in [0.3, 0.4) is 0 Å². The molecule has 11 nitrogen and oxygen atoms in total. The number of carboxylic acids is 1. The van der Waals surface area contributed by atoms with E-state index in [9.17, 15) is 37.8 Å². The molecular weight excluding hydrogens is 562 g/mol. The SMILES string of the molecule is C=CS(=O)(=O)C=C.CC(C)C[C@H](NC(=O)[C@H](CC(C)C)NC(=O)[C@H](CC(C)C)N(Cc1ccccc1)C(=O)O)C(=O)O. The molecule has 0 aromatic heterocycles. The summed E-state index contributed by atoms with van der Waals surface area (Å²) in [4.78, 5) is 51.3. The smallest absolute Gasteiger partial charge is 0.408 e. The predicted molar refractivity (Wildman–Crippen MR) is 163 cm³/mol. The first-order chi connectivity index (χ1) is 19.4. The molecule has 0 spiro atoms. The fourth-order valence-electron chi connectivity index (χ4n) is 3.92. The van der Waals surface area contributed by atoms with Crippen LogP contribution < -0.4 is 10.6 Å². The molecule has 0 aliphatic rings. The zero-order valence-corrected chi connectivity index (χ0v) is 26.3. The minimum Gasteiger partial charge on any atom is -0.480 e. The van der Waals surface area contributed by atoms with Gasteiger partial charge in [-0.1, -0.05) is 85.0 Å². The van der Waals surface area contributed by atoms with Crippen LogP contribution >= 0.6 is 0 Å². The van der Waals surface area contributed by atoms with Gasteiger partial charge in [-0.25, -0.2) is 18.0 Å². The number of benzene rings is 1. The molecule has 0 saturated heterocycles. The van der Waals surface area contributed by atoms with Gasteiger partial charge in [-0.15, -0.1) is 0 Å². The summed E-state index contributed by atoms with van der Waals surface area (Å²) in [6, 6.07) is 5.92. The molecule has 1 aromatic carbocycles. The summed E-state index contributed by atoms with van der Waals surface area (Å²) in [7, 11) is -3.13. The molecule has 0 heterocycles. The number of carboxylic acid groups (broad SMARTS) is 2. The first-order valence-electron chi connectivity index (χ1n) is 13.8. The summed E-state index contributed by atoms with van der Waals surface area (Å²) in [5.74, 6) is -2.21. The van der Waals surface area contributed by atoms with E-state index in [1.165, 1.54) is 0 Å². The van der Waals surface area contributed by atoms with Crippen LogP contribution in [0.15, 0.2) is 54.3 Å². The first-order valence-corrected chi connectivity index (χ1v) is 15.4. The number of rotatable bonds is 16. The molecule has 0 saturated carbocycles. The maximum absolute atomic E-state index is 13.4. The minimum atomic E-state index is -3.13. The van der Waals surface area contributed by atoms with Crippen LogP contribution in [0.2, 0.25) is 0 Å². The Bertz CT molecular complexity index is 1140. The second kappa shape index (κ2) is 18.7. The monoisotopic (exact) mass is 609 g/mol. The molecular formula is C30H47N3O8S. The number of carbonyl (C=O) groups excluding carboxylic acids is 2. The third-order valence-corrected chi connectivity index (χ3v) is 6.87. The fraction of sp³-hybridized carbons (Fsp3) is 0.533. The van der Waals surface area contributed by atoms with Crippen molar-refractivity contribution in [1.29, 1.82) is 0 Å². The number of amides is 3. The van der Waals surface area contributed by atoms with Crippen molar-refractivity contribution in [2.24, 2.45) is 17.8 Å². The van der Waals surface area contributed by atoms with E-state index >= 15 is 0 Å². The lowest BCUT2D eigenvalue weighted by Crippen LogP contribution is -2.57. The van der Waals surface area contributed by atoms with Crippen molar-refractivity contribution in [3.63, 3.8) is 0 Å². The summed E-state index contributed by atoms with van der Waals surface area (Å²) in [6.45, 7) is 17.4. The van der Waals surface area contributed by atoms with E-state index in [1.54, 1.807) is 24.3 Å². The van der Waals surface area contributed by atoms with Crippen LogP contribution in [0.25, 0.3) is 0 Å².